The number of nitrogens with one attached hydrogen (secondary N) is 1. The van der Waals surface area contributed by atoms with Crippen LogP contribution in [0, 0.1) is 23.5 Å². The van der Waals surface area contributed by atoms with Crippen LogP contribution in [0.1, 0.15) is 43.7 Å². The molecule has 5 nitrogen and oxygen atoms in total. The summed E-state index contributed by atoms with van der Waals surface area (Å²) in [6.45, 7) is 8.31. The van der Waals surface area contributed by atoms with Crippen molar-refractivity contribution < 1.29 is 18.0 Å². The second kappa shape index (κ2) is 10.9. The van der Waals surface area contributed by atoms with Gasteiger partial charge in [0.25, 0.3) is 0 Å². The van der Waals surface area contributed by atoms with E-state index in [0.717, 1.165) is 49.2 Å². The monoisotopic (exact) mass is 467 g/mol. The van der Waals surface area contributed by atoms with Gasteiger partial charge in [-0.05, 0) is 41.5 Å². The predicted molar refractivity (Wildman–Crippen MR) is 127 cm³/mol. The molecule has 34 heavy (non-hydrogen) atoms. The number of hydrogen-bond acceptors (Lipinski definition) is 4. The molecule has 1 aliphatic rings. The van der Waals surface area contributed by atoms with Crippen molar-refractivity contribution in [3.8, 4) is 11.3 Å². The van der Waals surface area contributed by atoms with Crippen LogP contribution in [-0.2, 0) is 24.3 Å². The summed E-state index contributed by atoms with van der Waals surface area (Å²) in [7, 11) is 0. The summed E-state index contributed by atoms with van der Waals surface area (Å²) >= 11 is 0. The highest BCUT2D eigenvalue weighted by atomic mass is 19.1. The van der Waals surface area contributed by atoms with Crippen LogP contribution in [0.3, 0.4) is 0 Å². The van der Waals surface area contributed by atoms with Crippen molar-refractivity contribution in [2.45, 2.75) is 46.2 Å². The minimum Gasteiger partial charge on any atom is -0.441 e. The van der Waals surface area contributed by atoms with E-state index in [-0.39, 0.29) is 36.0 Å². The molecular weight excluding hydrogens is 436 g/mol. The van der Waals surface area contributed by atoms with Gasteiger partial charge in [-0.1, -0.05) is 44.2 Å². The normalized spacial score (nSPS) is 18.7. The van der Waals surface area contributed by atoms with Crippen LogP contribution in [0.25, 0.3) is 11.3 Å². The molecule has 0 bridgehead atoms. The Labute approximate surface area is 199 Å². The van der Waals surface area contributed by atoms with E-state index < -0.39 is 11.6 Å². The number of carbonyl (C=O) groups is 1. The minimum atomic E-state index is -0.716. The molecule has 4 rings (SSSR count). The zero-order valence-electron chi connectivity index (χ0n) is 19.7. The van der Waals surface area contributed by atoms with Gasteiger partial charge in [0, 0.05) is 39.0 Å². The van der Waals surface area contributed by atoms with Gasteiger partial charge < -0.3 is 9.73 Å². The van der Waals surface area contributed by atoms with Gasteiger partial charge in [0.2, 0.25) is 5.91 Å². The number of aryl methyl sites for hydroxylation is 1. The molecule has 7 heteroatoms. The fourth-order valence-electron chi connectivity index (χ4n) is 4.73. The van der Waals surface area contributed by atoms with Crippen molar-refractivity contribution in [2.75, 3.05) is 13.1 Å². The predicted octanol–water partition coefficient (Wildman–Crippen LogP) is 5.35. The Morgan fingerprint density at radius 3 is 2.38 bits per heavy atom. The number of hydrogen-bond donors (Lipinski definition) is 1. The van der Waals surface area contributed by atoms with Gasteiger partial charge in [0.05, 0.1) is 11.8 Å². The second-order valence-corrected chi connectivity index (χ2v) is 9.45. The Morgan fingerprint density at radius 2 is 1.71 bits per heavy atom. The van der Waals surface area contributed by atoms with Crippen LogP contribution in [0.5, 0.6) is 0 Å². The number of piperidine rings is 1. The van der Waals surface area contributed by atoms with Crippen molar-refractivity contribution in [3.63, 3.8) is 0 Å². The van der Waals surface area contributed by atoms with Crippen LogP contribution in [0.15, 0.2) is 53.1 Å². The van der Waals surface area contributed by atoms with E-state index in [1.54, 1.807) is 0 Å². The second-order valence-electron chi connectivity index (χ2n) is 9.45. The van der Waals surface area contributed by atoms with E-state index in [1.807, 2.05) is 0 Å². The molecule has 1 aliphatic heterocycles. The summed E-state index contributed by atoms with van der Waals surface area (Å²) in [4.78, 5) is 18.8. The van der Waals surface area contributed by atoms with Crippen LogP contribution in [0.2, 0.25) is 0 Å². The average Bonchev–Trinajstić information content (AvgIpc) is 3.25. The number of nitrogens with zero attached hydrogens (tertiary/aromatic N) is 2. The molecule has 0 aliphatic carbocycles. The molecule has 1 aromatic heterocycles. The molecule has 1 N–H and O–H groups in total. The number of benzene rings is 2. The summed E-state index contributed by atoms with van der Waals surface area (Å²) in [5, 5.41) is 2.90. The van der Waals surface area contributed by atoms with E-state index in [2.05, 4.69) is 53.3 Å². The van der Waals surface area contributed by atoms with Crippen LogP contribution in [0.4, 0.5) is 8.78 Å². The quantitative estimate of drug-likeness (QED) is 0.485. The lowest BCUT2D eigenvalue weighted by Crippen LogP contribution is -2.38. The molecule has 0 unspecified atom stereocenters. The number of carbonyl (C=O) groups excluding carboxylic acids is 1. The Kier molecular flexibility index (Phi) is 7.73. The highest BCUT2D eigenvalue weighted by Gasteiger charge is 2.21. The number of halogens is 2. The molecule has 180 valence electrons. The van der Waals surface area contributed by atoms with Crippen molar-refractivity contribution in [2.24, 2.45) is 11.8 Å². The molecule has 1 saturated heterocycles. The van der Waals surface area contributed by atoms with E-state index in [0.29, 0.717) is 6.54 Å². The lowest BCUT2D eigenvalue weighted by atomic mass is 9.91. The van der Waals surface area contributed by atoms with Crippen LogP contribution in [-0.4, -0.2) is 28.9 Å². The number of oxazole rings is 1. The molecule has 1 amide bonds. The standard InChI is InChI=1S/C27H31F2N3O2/c1-18-12-19(2)16-32(15-18)17-21-8-6-20(7-9-21)13-30-25(33)10-11-26-31-14-24(34-26)27-22(28)4-3-5-23(27)29/h3-9,14,18-19H,10-13,15-17H2,1-2H3,(H,30,33)/t18-,19-/m0/s1. The van der Waals surface area contributed by atoms with Gasteiger partial charge in [-0.2, -0.15) is 0 Å². The van der Waals surface area contributed by atoms with Crippen molar-refractivity contribution in [1.29, 1.82) is 0 Å². The number of aromatic nitrogens is 1. The summed E-state index contributed by atoms with van der Waals surface area (Å²) in [6, 6.07) is 12.0. The van der Waals surface area contributed by atoms with Crippen LogP contribution >= 0.6 is 0 Å². The molecule has 2 atom stereocenters. The molecule has 1 fully saturated rings. The Bertz CT molecular complexity index is 1080. The van der Waals surface area contributed by atoms with E-state index >= 15 is 0 Å². The first-order chi connectivity index (χ1) is 16.4. The van der Waals surface area contributed by atoms with E-state index in [9.17, 15) is 13.6 Å². The van der Waals surface area contributed by atoms with Crippen molar-refractivity contribution >= 4 is 5.91 Å². The Morgan fingerprint density at radius 1 is 1.06 bits per heavy atom. The Balaban J connectivity index is 1.23. The average molecular weight is 468 g/mol. The first-order valence-corrected chi connectivity index (χ1v) is 11.8. The number of likely N-dealkylation sites (tertiary alicyclic amines) is 1. The Hall–Kier alpha value is -3.06. The third kappa shape index (κ3) is 6.29. The van der Waals surface area contributed by atoms with Gasteiger partial charge in [0.15, 0.2) is 11.7 Å². The lowest BCUT2D eigenvalue weighted by Gasteiger charge is -2.35. The van der Waals surface area contributed by atoms with Crippen LogP contribution < -0.4 is 5.32 Å². The van der Waals surface area contributed by atoms with E-state index in [4.69, 9.17) is 4.42 Å². The lowest BCUT2D eigenvalue weighted by molar-refractivity contribution is -0.121. The fourth-order valence-corrected chi connectivity index (χ4v) is 4.73. The van der Waals surface area contributed by atoms with Gasteiger partial charge >= 0.3 is 0 Å². The third-order valence-electron chi connectivity index (χ3n) is 6.19. The molecule has 0 saturated carbocycles. The van der Waals surface area contributed by atoms with E-state index in [1.165, 1.54) is 24.2 Å². The summed E-state index contributed by atoms with van der Waals surface area (Å²) in [5.74, 6) is 0.178. The molecule has 3 aromatic rings. The molecule has 2 aromatic carbocycles. The maximum Gasteiger partial charge on any atom is 0.220 e. The molecule has 0 radical (unpaired) electrons. The third-order valence-corrected chi connectivity index (χ3v) is 6.19. The maximum atomic E-state index is 13.9. The number of amides is 1. The topological polar surface area (TPSA) is 58.4 Å². The highest BCUT2D eigenvalue weighted by Crippen LogP contribution is 2.27. The van der Waals surface area contributed by atoms with Gasteiger partial charge in [0.1, 0.15) is 11.6 Å². The zero-order valence-corrected chi connectivity index (χ0v) is 19.7. The fraction of sp³-hybridized carbons (Fsp3) is 0.407. The SMILES string of the molecule is C[C@H]1C[C@H](C)CN(Cc2ccc(CNC(=O)CCc3ncc(-c4c(F)cccc4F)o3)cc2)C1. The van der Waals surface area contributed by atoms with Crippen molar-refractivity contribution in [3.05, 3.63) is 77.3 Å². The van der Waals surface area contributed by atoms with Gasteiger partial charge in [-0.3, -0.25) is 9.69 Å². The smallest absolute Gasteiger partial charge is 0.220 e. The molecular formula is C27H31F2N3O2. The first kappa shape index (κ1) is 24.1. The first-order valence-electron chi connectivity index (χ1n) is 11.8. The summed E-state index contributed by atoms with van der Waals surface area (Å²) in [5.41, 5.74) is 2.06. The largest absolute Gasteiger partial charge is 0.441 e. The zero-order chi connectivity index (χ0) is 24.1. The van der Waals surface area contributed by atoms with Gasteiger partial charge in [-0.15, -0.1) is 0 Å². The molecule has 0 spiro atoms. The highest BCUT2D eigenvalue weighted by molar-refractivity contribution is 5.76. The van der Waals surface area contributed by atoms with Gasteiger partial charge in [-0.25, -0.2) is 13.8 Å². The number of rotatable bonds is 8. The summed E-state index contributed by atoms with van der Waals surface area (Å²) in [6.07, 6.45) is 2.99. The van der Waals surface area contributed by atoms with Crippen molar-refractivity contribution in [1.82, 2.24) is 15.2 Å². The minimum absolute atomic E-state index is 0.0135. The molecule has 2 heterocycles. The maximum absolute atomic E-state index is 13.9. The summed E-state index contributed by atoms with van der Waals surface area (Å²) < 4.78 is 33.3.